The van der Waals surface area contributed by atoms with Crippen LogP contribution in [0.2, 0.25) is 0 Å². The number of carbonyl (C=O) groups excluding carboxylic acids is 1. The molecule has 0 saturated heterocycles. The molecule has 0 bridgehead atoms. The number of carbonyl (C=O) groups is 1. The molecule has 0 radical (unpaired) electrons. The van der Waals surface area contributed by atoms with E-state index >= 15 is 0 Å². The van der Waals surface area contributed by atoms with Crippen molar-refractivity contribution in [2.45, 2.75) is 19.9 Å². The van der Waals surface area contributed by atoms with Crippen LogP contribution in [0.3, 0.4) is 0 Å². The van der Waals surface area contributed by atoms with Gasteiger partial charge in [0.2, 0.25) is 0 Å². The number of H-pyrrole nitrogens is 1. The Morgan fingerprint density at radius 2 is 2.27 bits per heavy atom. The quantitative estimate of drug-likeness (QED) is 0.768. The molecule has 5 heteroatoms. The van der Waals surface area contributed by atoms with E-state index in [9.17, 15) is 4.79 Å². The predicted molar refractivity (Wildman–Crippen MR) is 55.6 cm³/mol. The summed E-state index contributed by atoms with van der Waals surface area (Å²) in [5.74, 6) is 0.433. The number of aromatic amines is 1. The van der Waals surface area contributed by atoms with Gasteiger partial charge < -0.3 is 10.3 Å². The number of aromatic nitrogens is 3. The first-order valence-electron chi connectivity index (χ1n) is 4.77. The summed E-state index contributed by atoms with van der Waals surface area (Å²) in [6, 6.07) is 0.110. The zero-order valence-electron chi connectivity index (χ0n) is 8.61. The van der Waals surface area contributed by atoms with Gasteiger partial charge in [-0.25, -0.2) is 9.97 Å². The van der Waals surface area contributed by atoms with Crippen LogP contribution < -0.4 is 5.32 Å². The summed E-state index contributed by atoms with van der Waals surface area (Å²) in [6.07, 6.45) is 4.82. The summed E-state index contributed by atoms with van der Waals surface area (Å²) in [5.41, 5.74) is 1.21. The van der Waals surface area contributed by atoms with Crippen LogP contribution in [0.4, 0.5) is 0 Å². The Balaban J connectivity index is 2.33. The molecule has 0 atom stereocenters. The molecule has 2 aliphatic rings. The number of nitrogens with one attached hydrogen (secondary N) is 2. The number of nitrogens with zero attached hydrogens (tertiary/aromatic N) is 2. The predicted octanol–water partition coefficient (Wildman–Crippen LogP) is 1.05. The fourth-order valence-corrected chi connectivity index (χ4v) is 1.36. The molecule has 2 rings (SSSR count). The molecule has 0 fully saturated rings. The summed E-state index contributed by atoms with van der Waals surface area (Å²) in [4.78, 5) is 22.8. The van der Waals surface area contributed by atoms with Crippen molar-refractivity contribution in [1.82, 2.24) is 20.3 Å². The van der Waals surface area contributed by atoms with Crippen LogP contribution >= 0.6 is 0 Å². The zero-order valence-corrected chi connectivity index (χ0v) is 8.61. The molecular weight excluding hydrogens is 192 g/mol. The normalized spacial score (nSPS) is 10.9. The van der Waals surface area contributed by atoms with Crippen LogP contribution in [-0.2, 0) is 0 Å². The maximum absolute atomic E-state index is 11.7. The number of hydrogen-bond donors (Lipinski definition) is 2. The number of hydrogen-bond acceptors (Lipinski definition) is 3. The highest BCUT2D eigenvalue weighted by atomic mass is 16.1. The Hall–Kier alpha value is -1.91. The first-order valence-corrected chi connectivity index (χ1v) is 4.77. The molecule has 2 N–H and O–H groups in total. The third-order valence-electron chi connectivity index (χ3n) is 1.97. The average Bonchev–Trinajstić information content (AvgIpc) is 2.59. The molecule has 0 aromatic heterocycles. The van der Waals surface area contributed by atoms with Crippen molar-refractivity contribution in [2.75, 3.05) is 0 Å². The summed E-state index contributed by atoms with van der Waals surface area (Å²) in [6.45, 7) is 3.83. The van der Waals surface area contributed by atoms with Crippen molar-refractivity contribution in [1.29, 1.82) is 0 Å². The standard InChI is InChI=1S/C10H12N4O/c1-6(2)14-10(15)7-5-13-9-8(7)11-3-4-12-9/h3-6,11H,1-2H3,(H,14,15). The fraction of sp³-hybridized carbons (Fsp3) is 0.300. The number of rotatable bonds is 2. The summed E-state index contributed by atoms with van der Waals surface area (Å²) in [5, 5.41) is 2.81. The lowest BCUT2D eigenvalue weighted by molar-refractivity contribution is 0.0943. The Kier molecular flexibility index (Phi) is 2.37. The minimum atomic E-state index is -0.128. The molecular formula is C10H12N4O. The van der Waals surface area contributed by atoms with E-state index in [4.69, 9.17) is 0 Å². The first kappa shape index (κ1) is 9.64. The summed E-state index contributed by atoms with van der Waals surface area (Å²) < 4.78 is 0. The molecule has 2 heterocycles. The number of amides is 1. The molecule has 0 aliphatic carbocycles. The highest BCUT2D eigenvalue weighted by Gasteiger charge is 2.18. The average molecular weight is 204 g/mol. The third kappa shape index (κ3) is 1.81. The molecule has 78 valence electrons. The van der Waals surface area contributed by atoms with Crippen molar-refractivity contribution in [3.8, 4) is 11.5 Å². The second kappa shape index (κ2) is 3.68. The van der Waals surface area contributed by atoms with E-state index < -0.39 is 0 Å². The van der Waals surface area contributed by atoms with Crippen molar-refractivity contribution in [3.05, 3.63) is 24.2 Å². The minimum absolute atomic E-state index is 0.110. The molecule has 0 aromatic rings. The molecule has 5 nitrogen and oxygen atoms in total. The topological polar surface area (TPSA) is 70.7 Å². The Morgan fingerprint density at radius 1 is 1.47 bits per heavy atom. The molecule has 0 aromatic carbocycles. The maximum Gasteiger partial charge on any atom is 0.255 e. The second-order valence-electron chi connectivity index (χ2n) is 3.59. The fourth-order valence-electron chi connectivity index (χ4n) is 1.36. The van der Waals surface area contributed by atoms with Crippen molar-refractivity contribution < 1.29 is 4.79 Å². The Morgan fingerprint density at radius 3 is 3.00 bits per heavy atom. The highest BCUT2D eigenvalue weighted by molar-refractivity contribution is 5.99. The largest absolute Gasteiger partial charge is 0.356 e. The van der Waals surface area contributed by atoms with Gasteiger partial charge in [-0.2, -0.15) is 0 Å². The van der Waals surface area contributed by atoms with Crippen molar-refractivity contribution in [2.24, 2.45) is 0 Å². The second-order valence-corrected chi connectivity index (χ2v) is 3.59. The van der Waals surface area contributed by atoms with Gasteiger partial charge in [0, 0.05) is 24.6 Å². The van der Waals surface area contributed by atoms with E-state index in [0.29, 0.717) is 17.1 Å². The molecule has 2 aliphatic heterocycles. The van der Waals surface area contributed by atoms with Gasteiger partial charge in [-0.1, -0.05) is 0 Å². The monoisotopic (exact) mass is 204 g/mol. The van der Waals surface area contributed by atoms with E-state index in [0.717, 1.165) is 0 Å². The molecule has 0 unspecified atom stereocenters. The highest BCUT2D eigenvalue weighted by Crippen LogP contribution is 2.19. The van der Waals surface area contributed by atoms with Crippen LogP contribution in [0.25, 0.3) is 11.5 Å². The Bertz CT molecular complexity index is 449. The van der Waals surface area contributed by atoms with Gasteiger partial charge in [-0.05, 0) is 13.8 Å². The van der Waals surface area contributed by atoms with Crippen LogP contribution in [0.1, 0.15) is 24.2 Å². The summed E-state index contributed by atoms with van der Waals surface area (Å²) >= 11 is 0. The minimum Gasteiger partial charge on any atom is -0.356 e. The van der Waals surface area contributed by atoms with Crippen molar-refractivity contribution in [3.63, 3.8) is 0 Å². The SMILES string of the molecule is CC(C)NC(=O)c1cnc2ncc[nH]c1-2. The van der Waals surface area contributed by atoms with Gasteiger partial charge in [-0.3, -0.25) is 4.79 Å². The van der Waals surface area contributed by atoms with Crippen LogP contribution in [-0.4, -0.2) is 26.9 Å². The molecule has 0 saturated carbocycles. The third-order valence-corrected chi connectivity index (χ3v) is 1.97. The maximum atomic E-state index is 11.7. The van der Waals surface area contributed by atoms with E-state index in [1.54, 1.807) is 12.4 Å². The van der Waals surface area contributed by atoms with Crippen LogP contribution in [0, 0.1) is 0 Å². The lowest BCUT2D eigenvalue weighted by atomic mass is 10.2. The van der Waals surface area contributed by atoms with Gasteiger partial charge in [-0.15, -0.1) is 0 Å². The molecule has 1 amide bonds. The van der Waals surface area contributed by atoms with E-state index in [2.05, 4.69) is 20.3 Å². The van der Waals surface area contributed by atoms with Gasteiger partial charge >= 0.3 is 0 Å². The van der Waals surface area contributed by atoms with E-state index in [1.165, 1.54) is 6.20 Å². The zero-order chi connectivity index (χ0) is 10.8. The lowest BCUT2D eigenvalue weighted by Crippen LogP contribution is -2.30. The van der Waals surface area contributed by atoms with E-state index in [-0.39, 0.29) is 11.9 Å². The lowest BCUT2D eigenvalue weighted by Gasteiger charge is -2.07. The van der Waals surface area contributed by atoms with E-state index in [1.807, 2.05) is 13.8 Å². The first-order chi connectivity index (χ1) is 7.18. The van der Waals surface area contributed by atoms with Crippen LogP contribution in [0.15, 0.2) is 18.6 Å². The van der Waals surface area contributed by atoms with Crippen molar-refractivity contribution >= 4 is 5.91 Å². The van der Waals surface area contributed by atoms with Gasteiger partial charge in [0.1, 0.15) is 0 Å². The van der Waals surface area contributed by atoms with Crippen LogP contribution in [0.5, 0.6) is 0 Å². The smallest absolute Gasteiger partial charge is 0.255 e. The van der Waals surface area contributed by atoms with Gasteiger partial charge in [0.05, 0.1) is 11.3 Å². The molecule has 15 heavy (non-hydrogen) atoms. The number of fused-ring (bicyclic) bond motifs is 1. The van der Waals surface area contributed by atoms with Gasteiger partial charge in [0.25, 0.3) is 5.91 Å². The Labute approximate surface area is 87.3 Å². The van der Waals surface area contributed by atoms with Gasteiger partial charge in [0.15, 0.2) is 5.82 Å². The molecule has 0 spiro atoms. The summed E-state index contributed by atoms with van der Waals surface area (Å²) in [7, 11) is 0.